The summed E-state index contributed by atoms with van der Waals surface area (Å²) in [5, 5.41) is 0. The lowest BCUT2D eigenvalue weighted by molar-refractivity contribution is -0.119. The highest BCUT2D eigenvalue weighted by molar-refractivity contribution is 9.10. The molecule has 1 saturated carbocycles. The van der Waals surface area contributed by atoms with Crippen LogP contribution < -0.4 is 0 Å². The molecule has 0 bridgehead atoms. The monoisotopic (exact) mass is 266 g/mol. The second-order valence-electron chi connectivity index (χ2n) is 4.94. The van der Waals surface area contributed by atoms with Crippen molar-refractivity contribution in [3.8, 4) is 0 Å². The molecule has 1 atom stereocenters. The van der Waals surface area contributed by atoms with Crippen LogP contribution in [0.25, 0.3) is 0 Å². The van der Waals surface area contributed by atoms with Gasteiger partial charge in [-0.25, -0.2) is 0 Å². The second-order valence-corrected chi connectivity index (χ2v) is 5.86. The highest BCUT2D eigenvalue weighted by Crippen LogP contribution is 2.46. The predicted octanol–water partition coefficient (Wildman–Crippen LogP) is 3.92. The Kier molecular flexibility index (Phi) is 2.72. The normalized spacial score (nSPS) is 24.5. The van der Waals surface area contributed by atoms with E-state index in [1.165, 1.54) is 0 Å². The van der Waals surface area contributed by atoms with E-state index in [1.54, 1.807) is 0 Å². The van der Waals surface area contributed by atoms with Gasteiger partial charge in [0.25, 0.3) is 0 Å². The molecule has 0 saturated heterocycles. The van der Waals surface area contributed by atoms with Gasteiger partial charge < -0.3 is 0 Å². The van der Waals surface area contributed by atoms with Crippen molar-refractivity contribution in [3.05, 3.63) is 34.3 Å². The summed E-state index contributed by atoms with van der Waals surface area (Å²) in [7, 11) is 0. The molecule has 1 aliphatic carbocycles. The Balaban J connectivity index is 2.37. The van der Waals surface area contributed by atoms with Crippen molar-refractivity contribution in [3.63, 3.8) is 0 Å². The third-order valence-electron chi connectivity index (χ3n) is 3.32. The molecular formula is C13H15BrO. The Morgan fingerprint density at radius 3 is 2.33 bits per heavy atom. The second kappa shape index (κ2) is 3.75. The van der Waals surface area contributed by atoms with Crippen molar-refractivity contribution in [2.75, 3.05) is 0 Å². The molecule has 1 aromatic carbocycles. The maximum atomic E-state index is 11.9. The van der Waals surface area contributed by atoms with Crippen LogP contribution in [0, 0.1) is 5.41 Å². The van der Waals surface area contributed by atoms with Gasteiger partial charge in [0.15, 0.2) is 0 Å². The fourth-order valence-corrected chi connectivity index (χ4v) is 2.73. The maximum Gasteiger partial charge on any atom is 0.140 e. The maximum absolute atomic E-state index is 11.9. The van der Waals surface area contributed by atoms with E-state index in [9.17, 15) is 4.79 Å². The van der Waals surface area contributed by atoms with Crippen molar-refractivity contribution in [2.45, 2.75) is 32.6 Å². The standard InChI is InChI=1S/C13H15BrO/c1-13(2)8-7-11(15)12(13)9-3-5-10(14)6-4-9/h3-6,12H,7-8H2,1-2H3/t12-/m0/s1. The van der Waals surface area contributed by atoms with E-state index in [2.05, 4.69) is 41.9 Å². The molecule has 1 fully saturated rings. The first-order valence-electron chi connectivity index (χ1n) is 5.29. The van der Waals surface area contributed by atoms with E-state index in [0.29, 0.717) is 5.78 Å². The van der Waals surface area contributed by atoms with Gasteiger partial charge in [0.1, 0.15) is 5.78 Å². The van der Waals surface area contributed by atoms with Crippen LogP contribution in [0.5, 0.6) is 0 Å². The molecule has 0 aliphatic heterocycles. The summed E-state index contributed by atoms with van der Waals surface area (Å²) < 4.78 is 1.06. The van der Waals surface area contributed by atoms with Crippen LogP contribution in [0.4, 0.5) is 0 Å². The molecule has 0 N–H and O–H groups in total. The zero-order valence-electron chi connectivity index (χ0n) is 9.09. The topological polar surface area (TPSA) is 17.1 Å². The smallest absolute Gasteiger partial charge is 0.140 e. The summed E-state index contributed by atoms with van der Waals surface area (Å²) in [6.45, 7) is 4.37. The van der Waals surface area contributed by atoms with Crippen LogP contribution in [-0.2, 0) is 4.79 Å². The van der Waals surface area contributed by atoms with Crippen molar-refractivity contribution < 1.29 is 4.79 Å². The number of ketones is 1. The van der Waals surface area contributed by atoms with Gasteiger partial charge in [-0.05, 0) is 29.5 Å². The lowest BCUT2D eigenvalue weighted by atomic mass is 9.77. The minimum Gasteiger partial charge on any atom is -0.299 e. The number of benzene rings is 1. The van der Waals surface area contributed by atoms with Gasteiger partial charge in [0, 0.05) is 16.8 Å². The zero-order chi connectivity index (χ0) is 11.1. The lowest BCUT2D eigenvalue weighted by Crippen LogP contribution is -2.19. The number of carbonyl (C=O) groups is 1. The van der Waals surface area contributed by atoms with Gasteiger partial charge in [0.2, 0.25) is 0 Å². The number of carbonyl (C=O) groups excluding carboxylic acids is 1. The van der Waals surface area contributed by atoms with Crippen LogP contribution in [0.3, 0.4) is 0 Å². The van der Waals surface area contributed by atoms with E-state index in [1.807, 2.05) is 12.1 Å². The third kappa shape index (κ3) is 2.00. The molecule has 1 nitrogen and oxygen atoms in total. The molecule has 2 heteroatoms. The Hall–Kier alpha value is -0.630. The Bertz CT molecular complexity index is 378. The fourth-order valence-electron chi connectivity index (χ4n) is 2.46. The summed E-state index contributed by atoms with van der Waals surface area (Å²) in [6, 6.07) is 8.13. The van der Waals surface area contributed by atoms with E-state index in [4.69, 9.17) is 0 Å². The summed E-state index contributed by atoms with van der Waals surface area (Å²) in [5.41, 5.74) is 1.27. The van der Waals surface area contributed by atoms with Crippen molar-refractivity contribution in [2.24, 2.45) is 5.41 Å². The first-order chi connectivity index (χ1) is 7.00. The molecule has 0 amide bonds. The van der Waals surface area contributed by atoms with Gasteiger partial charge in [-0.3, -0.25) is 4.79 Å². The quantitative estimate of drug-likeness (QED) is 0.753. The Morgan fingerprint density at radius 1 is 1.27 bits per heavy atom. The first-order valence-corrected chi connectivity index (χ1v) is 6.08. The molecule has 1 aliphatic rings. The van der Waals surface area contributed by atoms with Gasteiger partial charge in [-0.15, -0.1) is 0 Å². The highest BCUT2D eigenvalue weighted by atomic mass is 79.9. The van der Waals surface area contributed by atoms with Crippen LogP contribution in [0.1, 0.15) is 38.2 Å². The Labute approximate surface area is 99.0 Å². The minimum atomic E-state index is 0.0885. The van der Waals surface area contributed by atoms with Crippen LogP contribution in [0.2, 0.25) is 0 Å². The molecule has 80 valence electrons. The van der Waals surface area contributed by atoms with Gasteiger partial charge >= 0.3 is 0 Å². The number of hydrogen-bond donors (Lipinski definition) is 0. The third-order valence-corrected chi connectivity index (χ3v) is 3.85. The minimum absolute atomic E-state index is 0.0885. The van der Waals surface area contributed by atoms with E-state index < -0.39 is 0 Å². The number of Topliss-reactive ketones (excluding diaryl/α,β-unsaturated/α-hetero) is 1. The molecular weight excluding hydrogens is 252 g/mol. The average molecular weight is 267 g/mol. The van der Waals surface area contributed by atoms with E-state index in [-0.39, 0.29) is 11.3 Å². The average Bonchev–Trinajstić information content (AvgIpc) is 2.43. The molecule has 0 aromatic heterocycles. The van der Waals surface area contributed by atoms with Crippen LogP contribution in [0.15, 0.2) is 28.7 Å². The number of halogens is 1. The molecule has 0 spiro atoms. The molecule has 0 unspecified atom stereocenters. The van der Waals surface area contributed by atoms with Crippen LogP contribution in [-0.4, -0.2) is 5.78 Å². The summed E-state index contributed by atoms with van der Waals surface area (Å²) in [6.07, 6.45) is 1.74. The van der Waals surface area contributed by atoms with E-state index in [0.717, 1.165) is 22.9 Å². The van der Waals surface area contributed by atoms with Gasteiger partial charge in [0.05, 0.1) is 0 Å². The summed E-state index contributed by atoms with van der Waals surface area (Å²) in [4.78, 5) is 11.9. The number of hydrogen-bond acceptors (Lipinski definition) is 1. The molecule has 0 heterocycles. The van der Waals surface area contributed by atoms with E-state index >= 15 is 0 Å². The largest absolute Gasteiger partial charge is 0.299 e. The first kappa shape index (κ1) is 10.9. The SMILES string of the molecule is CC1(C)CCC(=O)[C@@H]1c1ccc(Br)cc1. The zero-order valence-corrected chi connectivity index (χ0v) is 10.7. The van der Waals surface area contributed by atoms with Crippen LogP contribution >= 0.6 is 15.9 Å². The molecule has 1 aromatic rings. The lowest BCUT2D eigenvalue weighted by Gasteiger charge is -2.25. The predicted molar refractivity (Wildman–Crippen MR) is 64.9 cm³/mol. The molecule has 15 heavy (non-hydrogen) atoms. The van der Waals surface area contributed by atoms with Crippen molar-refractivity contribution >= 4 is 21.7 Å². The number of rotatable bonds is 1. The fraction of sp³-hybridized carbons (Fsp3) is 0.462. The van der Waals surface area contributed by atoms with Crippen molar-refractivity contribution in [1.82, 2.24) is 0 Å². The Morgan fingerprint density at radius 2 is 1.87 bits per heavy atom. The summed E-state index contributed by atoms with van der Waals surface area (Å²) >= 11 is 3.41. The summed E-state index contributed by atoms with van der Waals surface area (Å²) in [5.74, 6) is 0.480. The molecule has 0 radical (unpaired) electrons. The van der Waals surface area contributed by atoms with Crippen molar-refractivity contribution in [1.29, 1.82) is 0 Å². The highest BCUT2D eigenvalue weighted by Gasteiger charge is 2.41. The molecule has 2 rings (SSSR count). The van der Waals surface area contributed by atoms with Gasteiger partial charge in [-0.1, -0.05) is 41.9 Å². The van der Waals surface area contributed by atoms with Gasteiger partial charge in [-0.2, -0.15) is 0 Å².